The molecule has 3 rings (SSSR count). The summed E-state index contributed by atoms with van der Waals surface area (Å²) < 4.78 is 5.14. The molecule has 2 amide bonds. The molecule has 0 spiro atoms. The summed E-state index contributed by atoms with van der Waals surface area (Å²) in [7, 11) is 1.57. The second-order valence-electron chi connectivity index (χ2n) is 7.23. The molecule has 1 unspecified atom stereocenters. The summed E-state index contributed by atoms with van der Waals surface area (Å²) >= 11 is 1.51. The van der Waals surface area contributed by atoms with Crippen LogP contribution in [0, 0.1) is 5.92 Å². The van der Waals surface area contributed by atoms with Crippen LogP contribution in [0.1, 0.15) is 52.3 Å². The van der Waals surface area contributed by atoms with E-state index in [4.69, 9.17) is 9.84 Å². The number of likely N-dealkylation sites (tertiary alicyclic amines) is 1. The van der Waals surface area contributed by atoms with Crippen molar-refractivity contribution >= 4 is 23.3 Å². The first-order valence-electron chi connectivity index (χ1n) is 9.87. The molecule has 1 atom stereocenters. The number of amides is 2. The molecule has 0 aromatic carbocycles. The van der Waals surface area contributed by atoms with E-state index in [1.165, 1.54) is 21.1 Å². The van der Waals surface area contributed by atoms with E-state index in [1.807, 2.05) is 18.2 Å². The first kappa shape index (κ1) is 21.1. The molecule has 2 aromatic heterocycles. The van der Waals surface area contributed by atoms with Gasteiger partial charge in [-0.25, -0.2) is 9.78 Å². The molecular formula is C21H27N3O4S. The lowest BCUT2D eigenvalue weighted by molar-refractivity contribution is 0.0926. The van der Waals surface area contributed by atoms with Crippen LogP contribution in [-0.4, -0.2) is 47.2 Å². The minimum atomic E-state index is -0.864. The van der Waals surface area contributed by atoms with Gasteiger partial charge in [0.05, 0.1) is 18.0 Å². The minimum absolute atomic E-state index is 0.0847. The minimum Gasteiger partial charge on any atom is -0.481 e. The predicted molar refractivity (Wildman–Crippen MR) is 112 cm³/mol. The van der Waals surface area contributed by atoms with Gasteiger partial charge >= 0.3 is 6.09 Å². The molecule has 156 valence electrons. The zero-order valence-electron chi connectivity index (χ0n) is 16.8. The fourth-order valence-corrected chi connectivity index (χ4v) is 4.46. The van der Waals surface area contributed by atoms with Gasteiger partial charge in [0.2, 0.25) is 5.88 Å². The van der Waals surface area contributed by atoms with E-state index >= 15 is 0 Å². The van der Waals surface area contributed by atoms with Crippen LogP contribution in [0.25, 0.3) is 0 Å². The Balaban J connectivity index is 1.72. The number of pyridine rings is 1. The second-order valence-corrected chi connectivity index (χ2v) is 8.40. The van der Waals surface area contributed by atoms with Gasteiger partial charge in [-0.05, 0) is 49.3 Å². The normalized spacial score (nSPS) is 15.7. The molecule has 29 heavy (non-hydrogen) atoms. The lowest BCUT2D eigenvalue weighted by atomic mass is 9.88. The summed E-state index contributed by atoms with van der Waals surface area (Å²) in [4.78, 5) is 31.6. The Morgan fingerprint density at radius 1 is 1.31 bits per heavy atom. The van der Waals surface area contributed by atoms with Gasteiger partial charge in [0, 0.05) is 30.2 Å². The van der Waals surface area contributed by atoms with Gasteiger partial charge in [0.15, 0.2) is 0 Å². The Morgan fingerprint density at radius 3 is 2.62 bits per heavy atom. The van der Waals surface area contributed by atoms with Crippen LogP contribution in [-0.2, 0) is 6.42 Å². The molecule has 2 N–H and O–H groups in total. The van der Waals surface area contributed by atoms with Crippen LogP contribution in [0.4, 0.5) is 4.79 Å². The highest BCUT2D eigenvalue weighted by Crippen LogP contribution is 2.29. The number of ether oxygens (including phenoxy) is 1. The van der Waals surface area contributed by atoms with Gasteiger partial charge < -0.3 is 20.1 Å². The van der Waals surface area contributed by atoms with E-state index in [9.17, 15) is 9.59 Å². The highest BCUT2D eigenvalue weighted by atomic mass is 32.1. The van der Waals surface area contributed by atoms with Crippen molar-refractivity contribution in [1.29, 1.82) is 0 Å². The molecule has 8 heteroatoms. The largest absolute Gasteiger partial charge is 0.481 e. The maximum absolute atomic E-state index is 12.8. The van der Waals surface area contributed by atoms with E-state index in [0.29, 0.717) is 29.8 Å². The third kappa shape index (κ3) is 5.47. The zero-order chi connectivity index (χ0) is 20.8. The molecule has 1 aliphatic heterocycles. The van der Waals surface area contributed by atoms with E-state index in [1.54, 1.807) is 19.4 Å². The number of methoxy groups -OCH3 is 1. The highest BCUT2D eigenvalue weighted by Gasteiger charge is 2.27. The highest BCUT2D eigenvalue weighted by molar-refractivity contribution is 7.14. The first-order chi connectivity index (χ1) is 14.0. The zero-order valence-corrected chi connectivity index (χ0v) is 17.6. The molecule has 0 saturated carbocycles. The van der Waals surface area contributed by atoms with Gasteiger partial charge in [-0.2, -0.15) is 0 Å². The smallest absolute Gasteiger partial charge is 0.407 e. The first-order valence-corrected chi connectivity index (χ1v) is 10.7. The molecule has 3 heterocycles. The SMILES string of the molecule is CCc1ccc(C(=O)NC(CC2CCN(C(=O)O)CC2)c2ccc(OC)nc2)s1. The number of carbonyl (C=O) groups excluding carboxylic acids is 1. The van der Waals surface area contributed by atoms with Crippen LogP contribution < -0.4 is 10.1 Å². The monoisotopic (exact) mass is 417 g/mol. The summed E-state index contributed by atoms with van der Waals surface area (Å²) in [6, 6.07) is 7.39. The molecule has 1 aliphatic rings. The van der Waals surface area contributed by atoms with Crippen molar-refractivity contribution in [3.63, 3.8) is 0 Å². The van der Waals surface area contributed by atoms with Crippen LogP contribution in [0.5, 0.6) is 5.88 Å². The number of nitrogens with zero attached hydrogens (tertiary/aromatic N) is 2. The van der Waals surface area contributed by atoms with Crippen molar-refractivity contribution in [3.05, 3.63) is 45.8 Å². The maximum atomic E-state index is 12.8. The van der Waals surface area contributed by atoms with Gasteiger partial charge in [-0.1, -0.05) is 13.0 Å². The number of hydrogen-bond acceptors (Lipinski definition) is 5. The van der Waals surface area contributed by atoms with Gasteiger partial charge in [-0.15, -0.1) is 11.3 Å². The Hall–Kier alpha value is -2.61. The number of carboxylic acid groups (broad SMARTS) is 1. The van der Waals surface area contributed by atoms with Gasteiger partial charge in [0.25, 0.3) is 5.91 Å². The van der Waals surface area contributed by atoms with Crippen molar-refractivity contribution < 1.29 is 19.4 Å². The second kappa shape index (κ2) is 9.73. The molecule has 0 aliphatic carbocycles. The van der Waals surface area contributed by atoms with E-state index in [-0.39, 0.29) is 11.9 Å². The van der Waals surface area contributed by atoms with E-state index < -0.39 is 6.09 Å². The fourth-order valence-electron chi connectivity index (χ4n) is 3.61. The summed E-state index contributed by atoms with van der Waals surface area (Å²) in [5.74, 6) is 0.783. The molecule has 0 bridgehead atoms. The molecule has 0 radical (unpaired) electrons. The molecular weight excluding hydrogens is 390 g/mol. The standard InChI is InChI=1S/C21H27N3O4S/c1-3-16-5-6-18(29-16)20(25)23-17(15-4-7-19(28-2)22-13-15)12-14-8-10-24(11-9-14)21(26)27/h4-7,13-14,17H,3,8-12H2,1-2H3,(H,23,25)(H,26,27). The summed E-state index contributed by atoms with van der Waals surface area (Å²) in [5.41, 5.74) is 0.923. The topological polar surface area (TPSA) is 91.8 Å². The summed E-state index contributed by atoms with van der Waals surface area (Å²) in [6.45, 7) is 3.14. The Morgan fingerprint density at radius 2 is 2.07 bits per heavy atom. The lowest BCUT2D eigenvalue weighted by Crippen LogP contribution is -2.39. The lowest BCUT2D eigenvalue weighted by Gasteiger charge is -2.32. The van der Waals surface area contributed by atoms with Crippen molar-refractivity contribution in [2.24, 2.45) is 5.92 Å². The third-order valence-electron chi connectivity index (χ3n) is 5.36. The number of carbonyl (C=O) groups is 2. The van der Waals surface area contributed by atoms with Crippen molar-refractivity contribution in [2.75, 3.05) is 20.2 Å². The van der Waals surface area contributed by atoms with Crippen LogP contribution in [0.15, 0.2) is 30.5 Å². The number of aromatic nitrogens is 1. The average Bonchev–Trinajstić information content (AvgIpc) is 3.23. The number of aryl methyl sites for hydroxylation is 1. The van der Waals surface area contributed by atoms with Crippen molar-refractivity contribution in [3.8, 4) is 5.88 Å². The van der Waals surface area contributed by atoms with Crippen molar-refractivity contribution in [1.82, 2.24) is 15.2 Å². The van der Waals surface area contributed by atoms with Crippen LogP contribution in [0.2, 0.25) is 0 Å². The Kier molecular flexibility index (Phi) is 7.09. The molecule has 2 aromatic rings. The quantitative estimate of drug-likeness (QED) is 0.711. The molecule has 1 fully saturated rings. The van der Waals surface area contributed by atoms with Gasteiger partial charge in [-0.3, -0.25) is 4.79 Å². The predicted octanol–water partition coefficient (Wildman–Crippen LogP) is 3.97. The Labute approximate surface area is 174 Å². The number of piperidine rings is 1. The summed E-state index contributed by atoms with van der Waals surface area (Å²) in [6.07, 6.45) is 4.12. The van der Waals surface area contributed by atoms with E-state index in [0.717, 1.165) is 31.2 Å². The fraction of sp³-hybridized carbons (Fsp3) is 0.476. The van der Waals surface area contributed by atoms with Crippen LogP contribution in [0.3, 0.4) is 0 Å². The maximum Gasteiger partial charge on any atom is 0.407 e. The van der Waals surface area contributed by atoms with Gasteiger partial charge in [0.1, 0.15) is 0 Å². The number of thiophene rings is 1. The Bertz CT molecular complexity index is 829. The van der Waals surface area contributed by atoms with E-state index in [2.05, 4.69) is 17.2 Å². The van der Waals surface area contributed by atoms with Crippen molar-refractivity contribution in [2.45, 2.75) is 38.6 Å². The third-order valence-corrected chi connectivity index (χ3v) is 6.59. The average molecular weight is 418 g/mol. The van der Waals surface area contributed by atoms with Crippen LogP contribution >= 0.6 is 11.3 Å². The summed E-state index contributed by atoms with van der Waals surface area (Å²) in [5, 5.41) is 12.3. The number of hydrogen-bond donors (Lipinski definition) is 2. The number of nitrogens with one attached hydrogen (secondary N) is 1. The number of rotatable bonds is 7. The molecule has 7 nitrogen and oxygen atoms in total. The molecule has 1 saturated heterocycles.